The number of likely N-dealkylation sites (tertiary alicyclic amines) is 1. The third-order valence-electron chi connectivity index (χ3n) is 4.79. The Kier molecular flexibility index (Phi) is 4.29. The van der Waals surface area contributed by atoms with Crippen LogP contribution in [0.25, 0.3) is 0 Å². The number of carbonyl (C=O) groups is 1. The Bertz CT molecular complexity index is 773. The Balaban J connectivity index is 1.62. The van der Waals surface area contributed by atoms with Crippen LogP contribution in [-0.2, 0) is 6.54 Å². The maximum absolute atomic E-state index is 13.1. The third kappa shape index (κ3) is 2.94. The summed E-state index contributed by atoms with van der Waals surface area (Å²) >= 11 is 0. The molecule has 1 aromatic carbocycles. The van der Waals surface area contributed by atoms with Crippen molar-refractivity contribution in [1.29, 1.82) is 0 Å². The zero-order valence-corrected chi connectivity index (χ0v) is 14.4. The minimum atomic E-state index is -0.0271. The van der Waals surface area contributed by atoms with Crippen molar-refractivity contribution in [3.8, 4) is 11.5 Å². The highest BCUT2D eigenvalue weighted by molar-refractivity contribution is 5.95. The van der Waals surface area contributed by atoms with Gasteiger partial charge in [-0.05, 0) is 43.9 Å². The van der Waals surface area contributed by atoms with Crippen LogP contribution >= 0.6 is 0 Å². The number of nitrogens with zero attached hydrogens (tertiary/aromatic N) is 4. The first-order valence-corrected chi connectivity index (χ1v) is 8.86. The van der Waals surface area contributed by atoms with Crippen LogP contribution in [0.5, 0.6) is 11.5 Å². The first-order valence-electron chi connectivity index (χ1n) is 8.86. The third-order valence-corrected chi connectivity index (χ3v) is 4.79. The zero-order valence-electron chi connectivity index (χ0n) is 14.4. The number of carbonyl (C=O) groups excluding carboxylic acids is 1. The Labute approximate surface area is 146 Å². The number of aryl methyl sites for hydroxylation is 1. The summed E-state index contributed by atoms with van der Waals surface area (Å²) < 4.78 is 12.8. The lowest BCUT2D eigenvalue weighted by atomic mass is 9.99. The second-order valence-corrected chi connectivity index (χ2v) is 6.46. The molecule has 0 spiro atoms. The number of rotatable bonds is 4. The van der Waals surface area contributed by atoms with Crippen LogP contribution < -0.4 is 9.47 Å². The monoisotopic (exact) mass is 342 g/mol. The van der Waals surface area contributed by atoms with Gasteiger partial charge in [0, 0.05) is 18.7 Å². The molecule has 1 aromatic heterocycles. The van der Waals surface area contributed by atoms with E-state index in [1.165, 1.54) is 0 Å². The number of fused-ring (bicyclic) bond motifs is 1. The molecule has 7 nitrogen and oxygen atoms in total. The van der Waals surface area contributed by atoms with Crippen LogP contribution in [0.3, 0.4) is 0 Å². The topological polar surface area (TPSA) is 69.5 Å². The van der Waals surface area contributed by atoms with Crippen molar-refractivity contribution in [2.24, 2.45) is 0 Å². The lowest BCUT2D eigenvalue weighted by molar-refractivity contribution is 0.0594. The van der Waals surface area contributed by atoms with Gasteiger partial charge in [-0.1, -0.05) is 6.92 Å². The zero-order chi connectivity index (χ0) is 17.2. The Morgan fingerprint density at radius 3 is 3.04 bits per heavy atom. The molecule has 25 heavy (non-hydrogen) atoms. The average Bonchev–Trinajstić information content (AvgIpc) is 3.30. The van der Waals surface area contributed by atoms with E-state index in [0.717, 1.165) is 44.6 Å². The maximum Gasteiger partial charge on any atom is 0.254 e. The molecule has 1 saturated heterocycles. The van der Waals surface area contributed by atoms with Crippen molar-refractivity contribution in [2.45, 2.75) is 45.2 Å². The largest absolute Gasteiger partial charge is 0.454 e. The molecule has 1 fully saturated rings. The van der Waals surface area contributed by atoms with Crippen LogP contribution in [0.15, 0.2) is 24.5 Å². The Morgan fingerprint density at radius 2 is 2.16 bits per heavy atom. The average molecular weight is 342 g/mol. The highest BCUT2D eigenvalue weighted by atomic mass is 16.7. The van der Waals surface area contributed by atoms with Gasteiger partial charge < -0.3 is 18.9 Å². The normalized spacial score (nSPS) is 19.2. The van der Waals surface area contributed by atoms with Crippen molar-refractivity contribution < 1.29 is 14.3 Å². The lowest BCUT2D eigenvalue weighted by Gasteiger charge is -2.35. The fraction of sp³-hybridized carbons (Fsp3) is 0.500. The molecule has 0 aliphatic carbocycles. The molecule has 2 aliphatic heterocycles. The van der Waals surface area contributed by atoms with Gasteiger partial charge in [-0.15, -0.1) is 10.2 Å². The van der Waals surface area contributed by atoms with Crippen LogP contribution in [0.4, 0.5) is 0 Å². The maximum atomic E-state index is 13.1. The number of hydrogen-bond donors (Lipinski definition) is 0. The van der Waals surface area contributed by atoms with Gasteiger partial charge in [0.1, 0.15) is 6.33 Å². The molecule has 132 valence electrons. The molecule has 0 N–H and O–H groups in total. The van der Waals surface area contributed by atoms with Crippen molar-refractivity contribution >= 4 is 5.91 Å². The standard InChI is InChI=1S/C18H22N4O3/c1-2-8-21-11-19-20-17(21)14-5-3-4-9-22(14)18(23)13-6-7-15-16(10-13)25-12-24-15/h6-7,10-11,14H,2-5,8-9,12H2,1H3/t14-/m1/s1. The second-order valence-electron chi connectivity index (χ2n) is 6.46. The van der Waals surface area contributed by atoms with Gasteiger partial charge in [0.05, 0.1) is 6.04 Å². The smallest absolute Gasteiger partial charge is 0.254 e. The van der Waals surface area contributed by atoms with Crippen LogP contribution in [-0.4, -0.2) is 38.9 Å². The van der Waals surface area contributed by atoms with E-state index in [2.05, 4.69) is 21.7 Å². The summed E-state index contributed by atoms with van der Waals surface area (Å²) in [6.45, 7) is 3.93. The first-order chi connectivity index (χ1) is 12.3. The summed E-state index contributed by atoms with van der Waals surface area (Å²) in [5, 5.41) is 8.39. The van der Waals surface area contributed by atoms with Crippen molar-refractivity contribution in [3.05, 3.63) is 35.9 Å². The molecule has 2 aromatic rings. The fourth-order valence-electron chi connectivity index (χ4n) is 3.57. The van der Waals surface area contributed by atoms with Gasteiger partial charge >= 0.3 is 0 Å². The van der Waals surface area contributed by atoms with E-state index in [0.29, 0.717) is 17.1 Å². The van der Waals surface area contributed by atoms with E-state index < -0.39 is 0 Å². The summed E-state index contributed by atoms with van der Waals surface area (Å²) in [5.41, 5.74) is 0.623. The number of hydrogen-bond acceptors (Lipinski definition) is 5. The minimum Gasteiger partial charge on any atom is -0.454 e. The summed E-state index contributed by atoms with van der Waals surface area (Å²) in [4.78, 5) is 15.1. The van der Waals surface area contributed by atoms with Gasteiger partial charge in [0.2, 0.25) is 6.79 Å². The molecule has 0 unspecified atom stereocenters. The van der Waals surface area contributed by atoms with Crippen LogP contribution in [0.1, 0.15) is 54.8 Å². The molecule has 2 aliphatic rings. The molecular formula is C18H22N4O3. The predicted octanol–water partition coefficient (Wildman–Crippen LogP) is 2.78. The van der Waals surface area contributed by atoms with Crippen molar-refractivity contribution in [2.75, 3.05) is 13.3 Å². The molecule has 4 rings (SSSR count). The number of benzene rings is 1. The quantitative estimate of drug-likeness (QED) is 0.854. The van der Waals surface area contributed by atoms with E-state index in [9.17, 15) is 4.79 Å². The SMILES string of the molecule is CCCn1cnnc1[C@H]1CCCCN1C(=O)c1ccc2c(c1)OCO2. The van der Waals surface area contributed by atoms with Crippen molar-refractivity contribution in [3.63, 3.8) is 0 Å². The predicted molar refractivity (Wildman–Crippen MR) is 90.5 cm³/mol. The van der Waals surface area contributed by atoms with Gasteiger partial charge in [-0.3, -0.25) is 4.79 Å². The fourth-order valence-corrected chi connectivity index (χ4v) is 3.57. The summed E-state index contributed by atoms with van der Waals surface area (Å²) in [5.74, 6) is 2.22. The highest BCUT2D eigenvalue weighted by Crippen LogP contribution is 2.35. The van der Waals surface area contributed by atoms with Gasteiger partial charge in [0.15, 0.2) is 17.3 Å². The Morgan fingerprint density at radius 1 is 1.28 bits per heavy atom. The molecule has 1 atom stereocenters. The summed E-state index contributed by atoms with van der Waals surface area (Å²) in [7, 11) is 0. The highest BCUT2D eigenvalue weighted by Gasteiger charge is 2.32. The van der Waals surface area contributed by atoms with E-state index >= 15 is 0 Å². The molecule has 0 saturated carbocycles. The lowest BCUT2D eigenvalue weighted by Crippen LogP contribution is -2.39. The molecule has 0 bridgehead atoms. The van der Waals surface area contributed by atoms with Crippen LogP contribution in [0.2, 0.25) is 0 Å². The van der Waals surface area contributed by atoms with E-state index in [4.69, 9.17) is 9.47 Å². The van der Waals surface area contributed by atoms with Gasteiger partial charge in [0.25, 0.3) is 5.91 Å². The number of piperidine rings is 1. The number of ether oxygens (including phenoxy) is 2. The molecular weight excluding hydrogens is 320 g/mol. The van der Waals surface area contributed by atoms with E-state index in [1.807, 2.05) is 4.90 Å². The van der Waals surface area contributed by atoms with E-state index in [-0.39, 0.29) is 18.7 Å². The van der Waals surface area contributed by atoms with E-state index in [1.54, 1.807) is 24.5 Å². The minimum absolute atomic E-state index is 0.00838. The van der Waals surface area contributed by atoms with Gasteiger partial charge in [-0.2, -0.15) is 0 Å². The van der Waals surface area contributed by atoms with Crippen molar-refractivity contribution in [1.82, 2.24) is 19.7 Å². The summed E-state index contributed by atoms with van der Waals surface area (Å²) in [6, 6.07) is 5.35. The summed E-state index contributed by atoms with van der Waals surface area (Å²) in [6.07, 6.45) is 5.78. The molecule has 0 radical (unpaired) electrons. The second kappa shape index (κ2) is 6.74. The Hall–Kier alpha value is -2.57. The van der Waals surface area contributed by atoms with Crippen LogP contribution in [0, 0.1) is 0 Å². The molecule has 7 heteroatoms. The van der Waals surface area contributed by atoms with Gasteiger partial charge in [-0.25, -0.2) is 0 Å². The molecule has 3 heterocycles. The first kappa shape index (κ1) is 15.9. The number of amides is 1. The molecule has 1 amide bonds. The number of aromatic nitrogens is 3.